The first kappa shape index (κ1) is 15.5. The van der Waals surface area contributed by atoms with Gasteiger partial charge < -0.3 is 10.2 Å². The van der Waals surface area contributed by atoms with Crippen LogP contribution in [0.2, 0.25) is 0 Å². The molecular formula is C16H21FN2O2. The van der Waals surface area contributed by atoms with E-state index in [2.05, 4.69) is 5.32 Å². The van der Waals surface area contributed by atoms with Gasteiger partial charge in [-0.1, -0.05) is 26.0 Å². The number of carbonyl (C=O) groups excluding carboxylic acids is 2. The summed E-state index contributed by atoms with van der Waals surface area (Å²) in [4.78, 5) is 26.4. The summed E-state index contributed by atoms with van der Waals surface area (Å²) in [7, 11) is 0. The van der Waals surface area contributed by atoms with Gasteiger partial charge in [-0.25, -0.2) is 4.39 Å². The molecule has 1 aliphatic rings. The van der Waals surface area contributed by atoms with Crippen molar-refractivity contribution in [2.75, 3.05) is 0 Å². The van der Waals surface area contributed by atoms with Gasteiger partial charge in [0.25, 0.3) is 0 Å². The highest BCUT2D eigenvalue weighted by molar-refractivity contribution is 5.97. The van der Waals surface area contributed by atoms with Crippen LogP contribution in [0.15, 0.2) is 24.3 Å². The molecule has 1 fully saturated rings. The van der Waals surface area contributed by atoms with E-state index in [1.54, 1.807) is 17.0 Å². The second-order valence-corrected chi connectivity index (χ2v) is 5.37. The Labute approximate surface area is 124 Å². The number of carbonyl (C=O) groups is 2. The van der Waals surface area contributed by atoms with Crippen LogP contribution in [0.1, 0.15) is 45.2 Å². The molecule has 1 heterocycles. The minimum atomic E-state index is -0.472. The van der Waals surface area contributed by atoms with E-state index < -0.39 is 12.1 Å². The van der Waals surface area contributed by atoms with Crippen molar-refractivity contribution in [3.63, 3.8) is 0 Å². The van der Waals surface area contributed by atoms with Crippen molar-refractivity contribution in [3.05, 3.63) is 35.6 Å². The third kappa shape index (κ3) is 2.91. The molecule has 1 N–H and O–H groups in total. The molecule has 2 amide bonds. The minimum Gasteiger partial charge on any atom is -0.343 e. The zero-order chi connectivity index (χ0) is 15.6. The van der Waals surface area contributed by atoms with E-state index in [9.17, 15) is 14.0 Å². The summed E-state index contributed by atoms with van der Waals surface area (Å²) < 4.78 is 13.0. The second kappa shape index (κ2) is 6.24. The van der Waals surface area contributed by atoms with Gasteiger partial charge in [-0.15, -0.1) is 0 Å². The van der Waals surface area contributed by atoms with E-state index in [4.69, 9.17) is 0 Å². The molecule has 1 aliphatic heterocycles. The fourth-order valence-electron chi connectivity index (χ4n) is 2.81. The predicted octanol–water partition coefficient (Wildman–Crippen LogP) is 2.40. The molecule has 3 unspecified atom stereocenters. The minimum absolute atomic E-state index is 0.0687. The van der Waals surface area contributed by atoms with Crippen LogP contribution in [0.25, 0.3) is 0 Å². The first-order valence-electron chi connectivity index (χ1n) is 7.37. The number of hydrogen-bond donors (Lipinski definition) is 1. The molecule has 0 radical (unpaired) electrons. The summed E-state index contributed by atoms with van der Waals surface area (Å²) in [5.41, 5.74) is 0.827. The summed E-state index contributed by atoms with van der Waals surface area (Å²) in [5.74, 6) is -0.495. The summed E-state index contributed by atoms with van der Waals surface area (Å²) in [6, 6.07) is 4.87. The van der Waals surface area contributed by atoms with E-state index in [-0.39, 0.29) is 23.7 Å². The van der Waals surface area contributed by atoms with E-state index in [1.165, 1.54) is 12.1 Å². The fourth-order valence-corrected chi connectivity index (χ4v) is 2.81. The van der Waals surface area contributed by atoms with Crippen molar-refractivity contribution in [2.45, 2.75) is 51.7 Å². The standard InChI is InChI=1S/C16H21FN2O2/c1-4-13-16(21)19(14(5-2)15(20)18-13)10(3)11-6-8-12(17)9-7-11/h6-10,13-14H,4-5H2,1-3H3,(H,18,20). The zero-order valence-corrected chi connectivity index (χ0v) is 12.6. The topological polar surface area (TPSA) is 49.4 Å². The van der Waals surface area contributed by atoms with Gasteiger partial charge in [-0.3, -0.25) is 9.59 Å². The number of nitrogens with one attached hydrogen (secondary N) is 1. The van der Waals surface area contributed by atoms with Gasteiger partial charge >= 0.3 is 0 Å². The Morgan fingerprint density at radius 3 is 2.33 bits per heavy atom. The normalized spacial score (nSPS) is 23.9. The molecule has 0 saturated carbocycles. The Hall–Kier alpha value is -1.91. The van der Waals surface area contributed by atoms with Crippen LogP contribution in [0.3, 0.4) is 0 Å². The molecule has 1 aromatic carbocycles. The summed E-state index contributed by atoms with van der Waals surface area (Å²) in [6.45, 7) is 5.63. The quantitative estimate of drug-likeness (QED) is 0.926. The number of amides is 2. The van der Waals surface area contributed by atoms with E-state index >= 15 is 0 Å². The number of rotatable bonds is 4. The van der Waals surface area contributed by atoms with Crippen LogP contribution in [0.5, 0.6) is 0 Å². The number of halogens is 1. The maximum absolute atomic E-state index is 13.0. The van der Waals surface area contributed by atoms with Crippen molar-refractivity contribution in [1.82, 2.24) is 10.2 Å². The van der Waals surface area contributed by atoms with Crippen LogP contribution in [0.4, 0.5) is 4.39 Å². The average molecular weight is 292 g/mol. The highest BCUT2D eigenvalue weighted by Gasteiger charge is 2.41. The molecule has 5 heteroatoms. The lowest BCUT2D eigenvalue weighted by atomic mass is 9.97. The van der Waals surface area contributed by atoms with Crippen molar-refractivity contribution in [1.29, 1.82) is 0 Å². The lowest BCUT2D eigenvalue weighted by Crippen LogP contribution is -2.63. The van der Waals surface area contributed by atoms with Gasteiger partial charge in [0, 0.05) is 0 Å². The van der Waals surface area contributed by atoms with Gasteiger partial charge in [-0.05, 0) is 37.5 Å². The Morgan fingerprint density at radius 2 is 1.81 bits per heavy atom. The first-order valence-corrected chi connectivity index (χ1v) is 7.37. The molecule has 0 bridgehead atoms. The summed E-state index contributed by atoms with van der Waals surface area (Å²) in [5, 5.41) is 2.77. The van der Waals surface area contributed by atoms with Gasteiger partial charge in [0.2, 0.25) is 11.8 Å². The highest BCUT2D eigenvalue weighted by atomic mass is 19.1. The van der Waals surface area contributed by atoms with Gasteiger partial charge in [0.05, 0.1) is 6.04 Å². The number of nitrogens with zero attached hydrogens (tertiary/aromatic N) is 1. The molecular weight excluding hydrogens is 271 g/mol. The van der Waals surface area contributed by atoms with E-state index in [0.717, 1.165) is 5.56 Å². The highest BCUT2D eigenvalue weighted by Crippen LogP contribution is 2.27. The Kier molecular flexibility index (Phi) is 4.60. The third-order valence-electron chi connectivity index (χ3n) is 4.07. The van der Waals surface area contributed by atoms with Gasteiger partial charge in [-0.2, -0.15) is 0 Å². The lowest BCUT2D eigenvalue weighted by molar-refractivity contribution is -0.152. The first-order chi connectivity index (χ1) is 9.99. The zero-order valence-electron chi connectivity index (χ0n) is 12.6. The molecule has 0 aliphatic carbocycles. The number of hydrogen-bond acceptors (Lipinski definition) is 2. The van der Waals surface area contributed by atoms with E-state index in [0.29, 0.717) is 12.8 Å². The molecule has 1 aromatic rings. The second-order valence-electron chi connectivity index (χ2n) is 5.37. The Balaban J connectivity index is 2.33. The van der Waals surface area contributed by atoms with E-state index in [1.807, 2.05) is 20.8 Å². The van der Waals surface area contributed by atoms with Crippen molar-refractivity contribution in [2.24, 2.45) is 0 Å². The van der Waals surface area contributed by atoms with Crippen LogP contribution in [0, 0.1) is 5.82 Å². The monoisotopic (exact) mass is 292 g/mol. The van der Waals surface area contributed by atoms with Crippen LogP contribution >= 0.6 is 0 Å². The molecule has 2 rings (SSSR count). The largest absolute Gasteiger partial charge is 0.343 e. The molecule has 21 heavy (non-hydrogen) atoms. The maximum Gasteiger partial charge on any atom is 0.246 e. The molecule has 1 saturated heterocycles. The average Bonchev–Trinajstić information content (AvgIpc) is 2.48. The molecule has 114 valence electrons. The van der Waals surface area contributed by atoms with Crippen molar-refractivity contribution in [3.8, 4) is 0 Å². The third-order valence-corrected chi connectivity index (χ3v) is 4.07. The van der Waals surface area contributed by atoms with Crippen molar-refractivity contribution < 1.29 is 14.0 Å². The number of piperazine rings is 1. The molecule has 4 nitrogen and oxygen atoms in total. The van der Waals surface area contributed by atoms with Crippen molar-refractivity contribution >= 4 is 11.8 Å². The maximum atomic E-state index is 13.0. The molecule has 0 spiro atoms. The SMILES string of the molecule is CCC1NC(=O)C(CC)N(C(C)c2ccc(F)cc2)C1=O. The molecule has 3 atom stereocenters. The fraction of sp³-hybridized carbons (Fsp3) is 0.500. The Bertz CT molecular complexity index is 530. The van der Waals surface area contributed by atoms with Crippen LogP contribution < -0.4 is 5.32 Å². The lowest BCUT2D eigenvalue weighted by Gasteiger charge is -2.42. The van der Waals surface area contributed by atoms with Gasteiger partial charge in [0.15, 0.2) is 0 Å². The van der Waals surface area contributed by atoms with Crippen LogP contribution in [-0.4, -0.2) is 28.8 Å². The predicted molar refractivity (Wildman–Crippen MR) is 78.0 cm³/mol. The summed E-state index contributed by atoms with van der Waals surface area (Å²) in [6.07, 6.45) is 1.12. The summed E-state index contributed by atoms with van der Waals surface area (Å²) >= 11 is 0. The Morgan fingerprint density at radius 1 is 1.19 bits per heavy atom. The van der Waals surface area contributed by atoms with Crippen LogP contribution in [-0.2, 0) is 9.59 Å². The number of benzene rings is 1. The van der Waals surface area contributed by atoms with Gasteiger partial charge in [0.1, 0.15) is 17.9 Å². The smallest absolute Gasteiger partial charge is 0.246 e. The molecule has 0 aromatic heterocycles.